The maximum atomic E-state index is 11.0. The average molecular weight is 152 g/mol. The number of carbonyl (C=O) groups is 1. The molecule has 4 aliphatic rings. The molecule has 4 saturated carbocycles. The van der Waals surface area contributed by atoms with Crippen molar-refractivity contribution in [3.05, 3.63) is 0 Å². The highest BCUT2D eigenvalue weighted by Gasteiger charge is 2.74. The second kappa shape index (κ2) is 1.47. The van der Waals surface area contributed by atoms with Gasteiger partial charge in [0.05, 0.1) is 5.41 Å². The summed E-state index contributed by atoms with van der Waals surface area (Å²) in [6.07, 6.45) is 4.59. The van der Waals surface area contributed by atoms with Crippen molar-refractivity contribution in [2.75, 3.05) is 0 Å². The Balaban J connectivity index is 1.98. The molecule has 4 bridgehead atoms. The Labute approximate surface area is 65.6 Å². The normalized spacial score (nSPS) is 57.6. The third kappa shape index (κ3) is 0.472. The van der Waals surface area contributed by atoms with Crippen LogP contribution in [0.25, 0.3) is 0 Å². The molecule has 2 unspecified atom stereocenters. The lowest BCUT2D eigenvalue weighted by Crippen LogP contribution is -2.28. The van der Waals surface area contributed by atoms with E-state index in [9.17, 15) is 4.79 Å². The van der Waals surface area contributed by atoms with Crippen LogP contribution in [0.15, 0.2) is 0 Å². The standard InChI is InChI=1S/C9H12O2/c10-8(11)9-2-1-5-3-6(9)7(9)4-5/h5-7H,1-4H2,(H,10,11). The van der Waals surface area contributed by atoms with Crippen LogP contribution in [0.1, 0.15) is 25.7 Å². The summed E-state index contributed by atoms with van der Waals surface area (Å²) in [5.74, 6) is 1.55. The highest BCUT2D eigenvalue weighted by atomic mass is 16.4. The van der Waals surface area contributed by atoms with Gasteiger partial charge in [-0.15, -0.1) is 0 Å². The van der Waals surface area contributed by atoms with E-state index in [2.05, 4.69) is 0 Å². The molecule has 4 fully saturated rings. The molecule has 4 aliphatic carbocycles. The third-order valence-electron chi connectivity index (χ3n) is 4.24. The Hall–Kier alpha value is -0.530. The van der Waals surface area contributed by atoms with E-state index in [0.717, 1.165) is 12.3 Å². The number of hydrogen-bond donors (Lipinski definition) is 1. The monoisotopic (exact) mass is 152 g/mol. The maximum Gasteiger partial charge on any atom is 0.310 e. The van der Waals surface area contributed by atoms with E-state index >= 15 is 0 Å². The van der Waals surface area contributed by atoms with Gasteiger partial charge in [0, 0.05) is 0 Å². The van der Waals surface area contributed by atoms with Gasteiger partial charge >= 0.3 is 5.97 Å². The first-order valence-electron chi connectivity index (χ1n) is 4.48. The van der Waals surface area contributed by atoms with Gasteiger partial charge < -0.3 is 5.11 Å². The lowest BCUT2D eigenvalue weighted by atomic mass is 9.76. The van der Waals surface area contributed by atoms with E-state index in [1.807, 2.05) is 0 Å². The summed E-state index contributed by atoms with van der Waals surface area (Å²) in [5.41, 5.74) is -0.214. The summed E-state index contributed by atoms with van der Waals surface area (Å²) < 4.78 is 0. The van der Waals surface area contributed by atoms with Crippen LogP contribution in [-0.2, 0) is 4.79 Å². The van der Waals surface area contributed by atoms with Gasteiger partial charge in [0.1, 0.15) is 0 Å². The number of rotatable bonds is 1. The minimum absolute atomic E-state index is 0.214. The number of carboxylic acid groups (broad SMARTS) is 1. The molecule has 4 rings (SSSR count). The molecule has 0 spiro atoms. The van der Waals surface area contributed by atoms with E-state index in [-0.39, 0.29) is 5.41 Å². The van der Waals surface area contributed by atoms with Crippen molar-refractivity contribution in [2.45, 2.75) is 25.7 Å². The summed E-state index contributed by atoms with van der Waals surface area (Å²) in [7, 11) is 0. The molecule has 0 saturated heterocycles. The Morgan fingerprint density at radius 1 is 1.36 bits per heavy atom. The smallest absolute Gasteiger partial charge is 0.310 e. The minimum atomic E-state index is -0.509. The molecule has 11 heavy (non-hydrogen) atoms. The van der Waals surface area contributed by atoms with E-state index in [1.54, 1.807) is 0 Å². The van der Waals surface area contributed by atoms with Gasteiger partial charge in [-0.1, -0.05) is 0 Å². The second-order valence-electron chi connectivity index (χ2n) is 4.43. The molecule has 2 heteroatoms. The van der Waals surface area contributed by atoms with Gasteiger partial charge in [-0.25, -0.2) is 0 Å². The Morgan fingerprint density at radius 3 is 2.36 bits per heavy atom. The Kier molecular flexibility index (Phi) is 0.809. The fourth-order valence-electron chi connectivity index (χ4n) is 3.64. The highest BCUT2D eigenvalue weighted by Crippen LogP contribution is 2.75. The molecule has 0 heterocycles. The first-order chi connectivity index (χ1) is 5.25. The molecule has 2 atom stereocenters. The first-order valence-corrected chi connectivity index (χ1v) is 4.48. The first kappa shape index (κ1) is 6.04. The van der Waals surface area contributed by atoms with E-state index in [4.69, 9.17) is 5.11 Å². The lowest BCUT2D eigenvalue weighted by molar-refractivity contribution is -0.146. The van der Waals surface area contributed by atoms with Crippen molar-refractivity contribution >= 4 is 5.97 Å². The number of hydrogen-bond acceptors (Lipinski definition) is 1. The van der Waals surface area contributed by atoms with Crippen LogP contribution >= 0.6 is 0 Å². The molecule has 2 nitrogen and oxygen atoms in total. The largest absolute Gasteiger partial charge is 0.481 e. The number of aliphatic carboxylic acids is 1. The number of carboxylic acids is 1. The molecular weight excluding hydrogens is 140 g/mol. The maximum absolute atomic E-state index is 11.0. The second-order valence-corrected chi connectivity index (χ2v) is 4.43. The Morgan fingerprint density at radius 2 is 2.00 bits per heavy atom. The van der Waals surface area contributed by atoms with Gasteiger partial charge in [0.15, 0.2) is 0 Å². The SMILES string of the molecule is O=C(O)C12CCC3CC1C2C3. The zero-order valence-electron chi connectivity index (χ0n) is 6.42. The average Bonchev–Trinajstić information content (AvgIpc) is 2.49. The van der Waals surface area contributed by atoms with Crippen LogP contribution < -0.4 is 0 Å². The predicted molar refractivity (Wildman–Crippen MR) is 39.0 cm³/mol. The van der Waals surface area contributed by atoms with Crippen LogP contribution in [0.5, 0.6) is 0 Å². The molecule has 0 aromatic rings. The lowest BCUT2D eigenvalue weighted by Gasteiger charge is -2.27. The van der Waals surface area contributed by atoms with Crippen molar-refractivity contribution in [1.29, 1.82) is 0 Å². The van der Waals surface area contributed by atoms with E-state index in [0.29, 0.717) is 11.8 Å². The molecule has 0 aliphatic heterocycles. The van der Waals surface area contributed by atoms with Gasteiger partial charge in [-0.2, -0.15) is 0 Å². The molecule has 0 radical (unpaired) electrons. The summed E-state index contributed by atoms with van der Waals surface area (Å²) in [5, 5.41) is 9.03. The minimum Gasteiger partial charge on any atom is -0.481 e. The van der Waals surface area contributed by atoms with Crippen LogP contribution in [0.4, 0.5) is 0 Å². The summed E-state index contributed by atoms with van der Waals surface area (Å²) in [6.45, 7) is 0. The van der Waals surface area contributed by atoms with Crippen molar-refractivity contribution in [2.24, 2.45) is 23.2 Å². The zero-order valence-corrected chi connectivity index (χ0v) is 6.42. The summed E-state index contributed by atoms with van der Waals surface area (Å²) in [4.78, 5) is 11.0. The molecular formula is C9H12O2. The van der Waals surface area contributed by atoms with Crippen LogP contribution in [0, 0.1) is 23.2 Å². The predicted octanol–water partition coefficient (Wildman–Crippen LogP) is 1.51. The fraction of sp³-hybridized carbons (Fsp3) is 0.889. The molecule has 0 amide bonds. The quantitative estimate of drug-likeness (QED) is 0.618. The van der Waals surface area contributed by atoms with E-state index < -0.39 is 5.97 Å². The van der Waals surface area contributed by atoms with Crippen LogP contribution in [0.2, 0.25) is 0 Å². The van der Waals surface area contributed by atoms with Gasteiger partial charge in [0.25, 0.3) is 0 Å². The van der Waals surface area contributed by atoms with Crippen LogP contribution in [0.3, 0.4) is 0 Å². The van der Waals surface area contributed by atoms with Gasteiger partial charge in [-0.3, -0.25) is 4.79 Å². The fourth-order valence-corrected chi connectivity index (χ4v) is 3.64. The van der Waals surface area contributed by atoms with E-state index in [1.165, 1.54) is 19.3 Å². The number of fused-ring (bicyclic) bond motifs is 1. The van der Waals surface area contributed by atoms with Crippen molar-refractivity contribution in [3.63, 3.8) is 0 Å². The Bertz CT molecular complexity index is 222. The van der Waals surface area contributed by atoms with Crippen LogP contribution in [-0.4, -0.2) is 11.1 Å². The summed E-state index contributed by atoms with van der Waals surface area (Å²) >= 11 is 0. The molecule has 60 valence electrons. The molecule has 0 aromatic heterocycles. The summed E-state index contributed by atoms with van der Waals surface area (Å²) in [6, 6.07) is 0. The van der Waals surface area contributed by atoms with Crippen molar-refractivity contribution < 1.29 is 9.90 Å². The highest BCUT2D eigenvalue weighted by molar-refractivity contribution is 5.80. The zero-order chi connectivity index (χ0) is 7.64. The van der Waals surface area contributed by atoms with Gasteiger partial charge in [-0.05, 0) is 43.4 Å². The molecule has 1 N–H and O–H groups in total. The topological polar surface area (TPSA) is 37.3 Å². The third-order valence-corrected chi connectivity index (χ3v) is 4.24. The van der Waals surface area contributed by atoms with Crippen molar-refractivity contribution in [1.82, 2.24) is 0 Å². The van der Waals surface area contributed by atoms with Gasteiger partial charge in [0.2, 0.25) is 0 Å². The van der Waals surface area contributed by atoms with Crippen molar-refractivity contribution in [3.8, 4) is 0 Å². The molecule has 0 aromatic carbocycles.